The highest BCUT2D eigenvalue weighted by atomic mass is 19.1. The average Bonchev–Trinajstić information content (AvgIpc) is 2.28. The summed E-state index contributed by atoms with van der Waals surface area (Å²) in [5.74, 6) is -2.91. The Labute approximate surface area is 104 Å². The van der Waals surface area contributed by atoms with E-state index in [1.54, 1.807) is 6.92 Å². The Balaban J connectivity index is 3.09. The van der Waals surface area contributed by atoms with Gasteiger partial charge in [0.15, 0.2) is 0 Å². The lowest BCUT2D eigenvalue weighted by Gasteiger charge is -2.22. The third-order valence-electron chi connectivity index (χ3n) is 2.73. The number of benzene rings is 1. The van der Waals surface area contributed by atoms with Crippen LogP contribution in [0.2, 0.25) is 0 Å². The molecule has 0 aliphatic carbocycles. The van der Waals surface area contributed by atoms with Crippen LogP contribution in [0.4, 0.5) is 10.1 Å². The second kappa shape index (κ2) is 5.14. The monoisotopic (exact) mass is 254 g/mol. The molecule has 4 N–H and O–H groups in total. The first kappa shape index (κ1) is 14.1. The zero-order valence-corrected chi connectivity index (χ0v) is 10.2. The largest absolute Gasteiger partial charge is 0.478 e. The van der Waals surface area contributed by atoms with Gasteiger partial charge in [0.25, 0.3) is 0 Å². The van der Waals surface area contributed by atoms with Crippen LogP contribution in [0, 0.1) is 5.82 Å². The predicted octanol–water partition coefficient (Wildman–Crippen LogP) is 1.59. The van der Waals surface area contributed by atoms with E-state index in [4.69, 9.17) is 10.8 Å². The topological polar surface area (TPSA) is 92.4 Å². The molecule has 5 nitrogen and oxygen atoms in total. The van der Waals surface area contributed by atoms with Gasteiger partial charge < -0.3 is 16.2 Å². The number of carboxylic acid groups (broad SMARTS) is 1. The van der Waals surface area contributed by atoms with Gasteiger partial charge in [-0.15, -0.1) is 0 Å². The number of nitrogens with one attached hydrogen (secondary N) is 1. The molecule has 0 radical (unpaired) electrons. The van der Waals surface area contributed by atoms with Gasteiger partial charge in [0, 0.05) is 0 Å². The summed E-state index contributed by atoms with van der Waals surface area (Å²) >= 11 is 0. The average molecular weight is 254 g/mol. The van der Waals surface area contributed by atoms with Crippen molar-refractivity contribution in [2.75, 3.05) is 5.32 Å². The quantitative estimate of drug-likeness (QED) is 0.760. The van der Waals surface area contributed by atoms with Gasteiger partial charge in [0.2, 0.25) is 5.91 Å². The summed E-state index contributed by atoms with van der Waals surface area (Å²) in [7, 11) is 0. The number of nitrogens with two attached hydrogens (primary N) is 1. The number of amides is 1. The number of aromatic carboxylic acids is 1. The van der Waals surface area contributed by atoms with E-state index in [0.717, 1.165) is 6.07 Å². The fraction of sp³-hybridized carbons (Fsp3) is 0.333. The molecule has 6 heteroatoms. The van der Waals surface area contributed by atoms with Crippen LogP contribution >= 0.6 is 0 Å². The molecular weight excluding hydrogens is 239 g/mol. The van der Waals surface area contributed by atoms with E-state index in [0.29, 0.717) is 6.42 Å². The Bertz CT molecular complexity index is 486. The van der Waals surface area contributed by atoms with Crippen LogP contribution in [0.3, 0.4) is 0 Å². The van der Waals surface area contributed by atoms with Crippen LogP contribution in [0.1, 0.15) is 30.6 Å². The number of halogens is 1. The number of hydrogen-bond acceptors (Lipinski definition) is 3. The van der Waals surface area contributed by atoms with Gasteiger partial charge in [-0.25, -0.2) is 9.18 Å². The summed E-state index contributed by atoms with van der Waals surface area (Å²) in [6.45, 7) is 3.24. The fourth-order valence-electron chi connectivity index (χ4n) is 1.27. The van der Waals surface area contributed by atoms with Crippen LogP contribution in [0.25, 0.3) is 0 Å². The normalized spacial score (nSPS) is 13.8. The van der Waals surface area contributed by atoms with Crippen molar-refractivity contribution in [2.45, 2.75) is 25.8 Å². The van der Waals surface area contributed by atoms with E-state index >= 15 is 0 Å². The molecule has 1 amide bonds. The highest BCUT2D eigenvalue weighted by Crippen LogP contribution is 2.20. The van der Waals surface area contributed by atoms with Crippen LogP contribution in [-0.2, 0) is 4.79 Å². The molecule has 0 bridgehead atoms. The molecule has 98 valence electrons. The van der Waals surface area contributed by atoms with Crippen molar-refractivity contribution in [3.63, 3.8) is 0 Å². The summed E-state index contributed by atoms with van der Waals surface area (Å²) in [6, 6.07) is 3.65. The van der Waals surface area contributed by atoms with Gasteiger partial charge >= 0.3 is 5.97 Å². The van der Waals surface area contributed by atoms with Crippen LogP contribution in [0.5, 0.6) is 0 Å². The Kier molecular flexibility index (Phi) is 4.03. The number of carboxylic acids is 1. The van der Waals surface area contributed by atoms with E-state index in [1.165, 1.54) is 19.1 Å². The van der Waals surface area contributed by atoms with Crippen molar-refractivity contribution >= 4 is 17.6 Å². The standard InChI is InChI=1S/C12H15FN2O3/c1-3-12(2,14)11(18)15-8-6-4-5-7(13)9(8)10(16)17/h4-6H,3,14H2,1-2H3,(H,15,18)(H,16,17). The number of rotatable bonds is 4. The Morgan fingerprint density at radius 2 is 2.11 bits per heavy atom. The van der Waals surface area contributed by atoms with Crippen LogP contribution < -0.4 is 11.1 Å². The molecule has 0 spiro atoms. The maximum Gasteiger partial charge on any atom is 0.340 e. The molecule has 0 heterocycles. The van der Waals surface area contributed by atoms with Crippen molar-refractivity contribution in [3.8, 4) is 0 Å². The van der Waals surface area contributed by atoms with Crippen LogP contribution in [0.15, 0.2) is 18.2 Å². The van der Waals surface area contributed by atoms with Gasteiger partial charge in [-0.1, -0.05) is 13.0 Å². The molecule has 0 aliphatic heterocycles. The van der Waals surface area contributed by atoms with Gasteiger partial charge in [-0.05, 0) is 25.5 Å². The molecule has 0 aliphatic rings. The van der Waals surface area contributed by atoms with Gasteiger partial charge in [-0.3, -0.25) is 4.79 Å². The second-order valence-electron chi connectivity index (χ2n) is 4.19. The lowest BCUT2D eigenvalue weighted by molar-refractivity contribution is -0.120. The number of carbonyl (C=O) groups excluding carboxylic acids is 1. The number of carbonyl (C=O) groups is 2. The summed E-state index contributed by atoms with van der Waals surface area (Å²) in [5, 5.41) is 11.2. The lowest BCUT2D eigenvalue weighted by atomic mass is 9.99. The van der Waals surface area contributed by atoms with Crippen molar-refractivity contribution in [3.05, 3.63) is 29.6 Å². The molecule has 1 aromatic carbocycles. The van der Waals surface area contributed by atoms with E-state index in [2.05, 4.69) is 5.32 Å². The molecule has 0 saturated heterocycles. The highest BCUT2D eigenvalue weighted by molar-refractivity contribution is 6.03. The minimum absolute atomic E-state index is 0.0994. The van der Waals surface area contributed by atoms with Crippen molar-refractivity contribution in [1.29, 1.82) is 0 Å². The van der Waals surface area contributed by atoms with Crippen molar-refractivity contribution in [2.24, 2.45) is 5.73 Å². The smallest absolute Gasteiger partial charge is 0.340 e. The molecule has 0 aromatic heterocycles. The number of anilines is 1. The SMILES string of the molecule is CCC(C)(N)C(=O)Nc1cccc(F)c1C(=O)O. The van der Waals surface area contributed by atoms with Crippen molar-refractivity contribution < 1.29 is 19.1 Å². The maximum atomic E-state index is 13.4. The third-order valence-corrected chi connectivity index (χ3v) is 2.73. The van der Waals surface area contributed by atoms with Gasteiger partial charge in [0.05, 0.1) is 11.2 Å². The zero-order chi connectivity index (χ0) is 13.9. The van der Waals surface area contributed by atoms with E-state index < -0.39 is 28.8 Å². The second-order valence-corrected chi connectivity index (χ2v) is 4.19. The maximum absolute atomic E-state index is 13.4. The fourth-order valence-corrected chi connectivity index (χ4v) is 1.27. The summed E-state index contributed by atoms with van der Waals surface area (Å²) in [5.41, 5.74) is 3.91. The minimum atomic E-state index is -1.45. The molecule has 1 atom stereocenters. The number of hydrogen-bond donors (Lipinski definition) is 3. The minimum Gasteiger partial charge on any atom is -0.478 e. The molecule has 0 saturated carbocycles. The molecule has 1 aromatic rings. The van der Waals surface area contributed by atoms with E-state index in [1.807, 2.05) is 0 Å². The third kappa shape index (κ3) is 2.84. The van der Waals surface area contributed by atoms with Gasteiger partial charge in [-0.2, -0.15) is 0 Å². The van der Waals surface area contributed by atoms with Crippen molar-refractivity contribution in [1.82, 2.24) is 0 Å². The predicted molar refractivity (Wildman–Crippen MR) is 64.9 cm³/mol. The van der Waals surface area contributed by atoms with E-state index in [9.17, 15) is 14.0 Å². The summed E-state index contributed by atoms with van der Waals surface area (Å²) in [6.07, 6.45) is 0.372. The Hall–Kier alpha value is -1.95. The van der Waals surface area contributed by atoms with E-state index in [-0.39, 0.29) is 5.69 Å². The lowest BCUT2D eigenvalue weighted by Crippen LogP contribution is -2.48. The molecule has 1 rings (SSSR count). The zero-order valence-electron chi connectivity index (χ0n) is 10.2. The first-order valence-electron chi connectivity index (χ1n) is 5.41. The molecule has 1 unspecified atom stereocenters. The highest BCUT2D eigenvalue weighted by Gasteiger charge is 2.27. The summed E-state index contributed by atoms with van der Waals surface area (Å²) in [4.78, 5) is 22.7. The summed E-state index contributed by atoms with van der Waals surface area (Å²) < 4.78 is 13.4. The first-order chi connectivity index (χ1) is 8.29. The molecule has 0 fully saturated rings. The van der Waals surface area contributed by atoms with Crippen LogP contribution in [-0.4, -0.2) is 22.5 Å². The Morgan fingerprint density at radius 3 is 2.61 bits per heavy atom. The molecule has 18 heavy (non-hydrogen) atoms. The Morgan fingerprint density at radius 1 is 1.50 bits per heavy atom. The van der Waals surface area contributed by atoms with Gasteiger partial charge in [0.1, 0.15) is 11.4 Å². The first-order valence-corrected chi connectivity index (χ1v) is 5.41. The molecular formula is C12H15FN2O3.